The lowest BCUT2D eigenvalue weighted by Gasteiger charge is -2.12. The zero-order valence-corrected chi connectivity index (χ0v) is 17.4. The molecule has 6 heteroatoms. The summed E-state index contributed by atoms with van der Waals surface area (Å²) in [6, 6.07) is 16.3. The van der Waals surface area contributed by atoms with Gasteiger partial charge >= 0.3 is 0 Å². The van der Waals surface area contributed by atoms with E-state index in [0.717, 1.165) is 12.0 Å². The second-order valence-corrected chi connectivity index (χ2v) is 7.18. The van der Waals surface area contributed by atoms with Crippen LogP contribution in [0.5, 0.6) is 5.75 Å². The number of benzene rings is 2. The van der Waals surface area contributed by atoms with Gasteiger partial charge in [-0.15, -0.1) is 0 Å². The number of ether oxygens (including phenoxy) is 1. The van der Waals surface area contributed by atoms with E-state index >= 15 is 0 Å². The molecule has 1 atom stereocenters. The van der Waals surface area contributed by atoms with E-state index in [1.165, 1.54) is 11.8 Å². The number of amides is 2. The van der Waals surface area contributed by atoms with Crippen molar-refractivity contribution in [3.63, 3.8) is 0 Å². The van der Waals surface area contributed by atoms with Crippen LogP contribution in [0.1, 0.15) is 47.9 Å². The fourth-order valence-corrected chi connectivity index (χ4v) is 2.95. The Kier molecular flexibility index (Phi) is 6.91. The summed E-state index contributed by atoms with van der Waals surface area (Å²) in [7, 11) is 0. The van der Waals surface area contributed by atoms with Gasteiger partial charge in [0, 0.05) is 11.4 Å². The number of anilines is 2. The fourth-order valence-electron chi connectivity index (χ4n) is 2.95. The predicted octanol–water partition coefficient (Wildman–Crippen LogP) is 5.37. The average molecular weight is 406 g/mol. The van der Waals surface area contributed by atoms with Gasteiger partial charge in [-0.3, -0.25) is 9.59 Å². The number of hydrogen-bond donors (Lipinski definition) is 2. The van der Waals surface area contributed by atoms with E-state index in [2.05, 4.69) is 24.5 Å². The van der Waals surface area contributed by atoms with Crippen LogP contribution in [-0.4, -0.2) is 18.4 Å². The monoisotopic (exact) mass is 406 g/mol. The third kappa shape index (κ3) is 5.50. The van der Waals surface area contributed by atoms with Crippen LogP contribution < -0.4 is 15.4 Å². The minimum Gasteiger partial charge on any atom is -0.484 e. The minimum atomic E-state index is -0.326. The molecule has 0 saturated carbocycles. The van der Waals surface area contributed by atoms with Crippen LogP contribution in [0.15, 0.2) is 65.3 Å². The maximum Gasteiger partial charge on any atom is 0.291 e. The molecule has 0 bridgehead atoms. The first kappa shape index (κ1) is 21.2. The SMILES string of the molecule is CC[C@H](C)c1ccc(OCC(=O)Nc2ccc(NC(=O)c3ccco3)c(C)c2)cc1. The first-order chi connectivity index (χ1) is 14.5. The summed E-state index contributed by atoms with van der Waals surface area (Å²) >= 11 is 0. The molecule has 30 heavy (non-hydrogen) atoms. The summed E-state index contributed by atoms with van der Waals surface area (Å²) < 4.78 is 10.7. The average Bonchev–Trinajstić information content (AvgIpc) is 3.29. The molecule has 2 N–H and O–H groups in total. The lowest BCUT2D eigenvalue weighted by molar-refractivity contribution is -0.118. The van der Waals surface area contributed by atoms with E-state index in [4.69, 9.17) is 9.15 Å². The molecule has 0 unspecified atom stereocenters. The molecule has 0 aliphatic rings. The van der Waals surface area contributed by atoms with Crippen molar-refractivity contribution in [2.75, 3.05) is 17.2 Å². The molecule has 0 fully saturated rings. The van der Waals surface area contributed by atoms with Crippen LogP contribution in [0.25, 0.3) is 0 Å². The maximum atomic E-state index is 12.2. The molecule has 0 spiro atoms. The third-order valence-corrected chi connectivity index (χ3v) is 4.93. The first-order valence-corrected chi connectivity index (χ1v) is 9.94. The topological polar surface area (TPSA) is 80.6 Å². The minimum absolute atomic E-state index is 0.0846. The van der Waals surface area contributed by atoms with E-state index in [1.807, 2.05) is 31.2 Å². The maximum absolute atomic E-state index is 12.2. The molecule has 156 valence electrons. The van der Waals surface area contributed by atoms with Crippen LogP contribution in [0.3, 0.4) is 0 Å². The molecule has 0 aliphatic carbocycles. The molecule has 1 aromatic heterocycles. The zero-order valence-electron chi connectivity index (χ0n) is 17.4. The lowest BCUT2D eigenvalue weighted by Crippen LogP contribution is -2.20. The van der Waals surface area contributed by atoms with E-state index in [9.17, 15) is 9.59 Å². The van der Waals surface area contributed by atoms with Gasteiger partial charge in [-0.2, -0.15) is 0 Å². The van der Waals surface area contributed by atoms with Gasteiger partial charge in [-0.1, -0.05) is 26.0 Å². The highest BCUT2D eigenvalue weighted by molar-refractivity contribution is 6.03. The van der Waals surface area contributed by atoms with Gasteiger partial charge in [0.15, 0.2) is 12.4 Å². The molecule has 0 radical (unpaired) electrons. The van der Waals surface area contributed by atoms with Gasteiger partial charge in [-0.05, 0) is 72.9 Å². The highest BCUT2D eigenvalue weighted by atomic mass is 16.5. The molecule has 3 rings (SSSR count). The number of carbonyl (C=O) groups is 2. The number of aryl methyl sites for hydroxylation is 1. The highest BCUT2D eigenvalue weighted by Crippen LogP contribution is 2.22. The van der Waals surface area contributed by atoms with Crippen LogP contribution >= 0.6 is 0 Å². The van der Waals surface area contributed by atoms with Crippen molar-refractivity contribution >= 4 is 23.2 Å². The largest absolute Gasteiger partial charge is 0.484 e. The third-order valence-electron chi connectivity index (χ3n) is 4.93. The Balaban J connectivity index is 1.52. The standard InChI is InChI=1S/C24H26N2O4/c1-4-16(2)18-7-10-20(11-8-18)30-15-23(27)25-19-9-12-21(17(3)14-19)26-24(28)22-6-5-13-29-22/h5-14,16H,4,15H2,1-3H3,(H,25,27)(H,26,28)/t16-/m0/s1. The van der Waals surface area contributed by atoms with Crippen molar-refractivity contribution in [2.24, 2.45) is 0 Å². The Morgan fingerprint density at radius 1 is 1.07 bits per heavy atom. The Hall–Kier alpha value is -3.54. The normalized spacial score (nSPS) is 11.6. The quantitative estimate of drug-likeness (QED) is 0.527. The van der Waals surface area contributed by atoms with E-state index in [0.29, 0.717) is 23.0 Å². The van der Waals surface area contributed by atoms with E-state index < -0.39 is 0 Å². The number of furan rings is 1. The molecule has 2 aromatic carbocycles. The second kappa shape index (κ2) is 9.78. The molecule has 0 aliphatic heterocycles. The molecule has 1 heterocycles. The Morgan fingerprint density at radius 2 is 1.83 bits per heavy atom. The summed E-state index contributed by atoms with van der Waals surface area (Å²) in [5.41, 5.74) is 3.34. The van der Waals surface area contributed by atoms with Crippen LogP contribution in [0, 0.1) is 6.92 Å². The summed E-state index contributed by atoms with van der Waals surface area (Å²) in [5.74, 6) is 0.809. The van der Waals surface area contributed by atoms with Crippen molar-refractivity contribution < 1.29 is 18.7 Å². The predicted molar refractivity (Wildman–Crippen MR) is 117 cm³/mol. The van der Waals surface area contributed by atoms with Gasteiger partial charge in [0.2, 0.25) is 0 Å². The molecule has 6 nitrogen and oxygen atoms in total. The number of hydrogen-bond acceptors (Lipinski definition) is 4. The van der Waals surface area contributed by atoms with Crippen molar-refractivity contribution in [3.8, 4) is 5.75 Å². The van der Waals surface area contributed by atoms with Crippen molar-refractivity contribution in [3.05, 3.63) is 77.7 Å². The smallest absolute Gasteiger partial charge is 0.291 e. The molecular weight excluding hydrogens is 380 g/mol. The molecular formula is C24H26N2O4. The number of nitrogens with one attached hydrogen (secondary N) is 2. The molecule has 2 amide bonds. The Labute approximate surface area is 176 Å². The summed E-state index contributed by atoms with van der Waals surface area (Å²) in [6.45, 7) is 6.10. The zero-order chi connectivity index (χ0) is 21.5. The van der Waals surface area contributed by atoms with Crippen molar-refractivity contribution in [1.82, 2.24) is 0 Å². The van der Waals surface area contributed by atoms with Crippen LogP contribution in [0.2, 0.25) is 0 Å². The number of carbonyl (C=O) groups excluding carboxylic acids is 2. The van der Waals surface area contributed by atoms with Crippen molar-refractivity contribution in [2.45, 2.75) is 33.1 Å². The Bertz CT molecular complexity index is 995. The van der Waals surface area contributed by atoms with Gasteiger partial charge in [0.25, 0.3) is 11.8 Å². The van der Waals surface area contributed by atoms with Gasteiger partial charge < -0.3 is 19.8 Å². The highest BCUT2D eigenvalue weighted by Gasteiger charge is 2.11. The summed E-state index contributed by atoms with van der Waals surface area (Å²) in [4.78, 5) is 24.3. The van der Waals surface area contributed by atoms with Gasteiger partial charge in [-0.25, -0.2) is 0 Å². The van der Waals surface area contributed by atoms with Crippen molar-refractivity contribution in [1.29, 1.82) is 0 Å². The Morgan fingerprint density at radius 3 is 2.47 bits per heavy atom. The van der Waals surface area contributed by atoms with Crippen LogP contribution in [0.4, 0.5) is 11.4 Å². The van der Waals surface area contributed by atoms with E-state index in [1.54, 1.807) is 30.3 Å². The summed E-state index contributed by atoms with van der Waals surface area (Å²) in [5, 5.41) is 5.59. The molecule has 0 saturated heterocycles. The lowest BCUT2D eigenvalue weighted by atomic mass is 9.99. The van der Waals surface area contributed by atoms with Gasteiger partial charge in [0.05, 0.1) is 6.26 Å². The first-order valence-electron chi connectivity index (χ1n) is 9.94. The summed E-state index contributed by atoms with van der Waals surface area (Å²) in [6.07, 6.45) is 2.52. The fraction of sp³-hybridized carbons (Fsp3) is 0.250. The van der Waals surface area contributed by atoms with Gasteiger partial charge in [0.1, 0.15) is 5.75 Å². The molecule has 3 aromatic rings. The second-order valence-electron chi connectivity index (χ2n) is 7.18. The number of rotatable bonds is 8. The van der Waals surface area contributed by atoms with E-state index in [-0.39, 0.29) is 24.2 Å². The van der Waals surface area contributed by atoms with Crippen LogP contribution in [-0.2, 0) is 4.79 Å².